The molecule has 0 spiro atoms. The molecule has 0 aromatic rings. The third kappa shape index (κ3) is 4.57. The van der Waals surface area contributed by atoms with Crippen LogP contribution >= 0.6 is 0 Å². The van der Waals surface area contributed by atoms with Gasteiger partial charge in [-0.05, 0) is 37.6 Å². The third-order valence-corrected chi connectivity index (χ3v) is 4.23. The number of nitrogens with zero attached hydrogens (tertiary/aromatic N) is 1. The Morgan fingerprint density at radius 2 is 2.00 bits per heavy atom. The number of likely N-dealkylation sites (tertiary alicyclic amines) is 1. The molecule has 102 valence electrons. The van der Waals surface area contributed by atoms with Gasteiger partial charge in [0.2, 0.25) is 0 Å². The van der Waals surface area contributed by atoms with E-state index in [0.29, 0.717) is 5.41 Å². The molecule has 1 fully saturated rings. The molecule has 0 aliphatic carbocycles. The van der Waals surface area contributed by atoms with Crippen LogP contribution in [0.15, 0.2) is 0 Å². The number of hydrogen-bond donors (Lipinski definition) is 2. The van der Waals surface area contributed by atoms with E-state index in [1.807, 2.05) is 0 Å². The Labute approximate surface area is 107 Å². The van der Waals surface area contributed by atoms with Gasteiger partial charge in [-0.2, -0.15) is 0 Å². The molecule has 0 aromatic carbocycles. The molecule has 1 atom stereocenters. The summed E-state index contributed by atoms with van der Waals surface area (Å²) < 4.78 is 0. The highest BCUT2D eigenvalue weighted by atomic mass is 16.3. The molecule has 0 saturated carbocycles. The van der Waals surface area contributed by atoms with Crippen LogP contribution in [-0.4, -0.2) is 48.8 Å². The lowest BCUT2D eigenvalue weighted by Crippen LogP contribution is -2.43. The summed E-state index contributed by atoms with van der Waals surface area (Å²) in [6.45, 7) is 12.1. The number of β-amino-alcohol motifs (C(OH)–C–C–N with tert-alkyl or cyclic N) is 1. The Morgan fingerprint density at radius 1 is 1.29 bits per heavy atom. The van der Waals surface area contributed by atoms with Crippen LogP contribution in [0.2, 0.25) is 0 Å². The van der Waals surface area contributed by atoms with E-state index in [0.717, 1.165) is 39.1 Å². The summed E-state index contributed by atoms with van der Waals surface area (Å²) in [5.74, 6) is 0. The first-order valence-corrected chi connectivity index (χ1v) is 7.27. The zero-order valence-corrected chi connectivity index (χ0v) is 11.8. The standard InChI is InChI=1S/C14H30N2O/c1-4-8-15-11-14(5-2,6-3)12-16-9-7-13(17)10-16/h13,15,17H,4-12H2,1-3H3. The topological polar surface area (TPSA) is 35.5 Å². The first-order valence-electron chi connectivity index (χ1n) is 7.27. The largest absolute Gasteiger partial charge is 0.392 e. The highest BCUT2D eigenvalue weighted by Gasteiger charge is 2.31. The first kappa shape index (κ1) is 14.9. The van der Waals surface area contributed by atoms with Gasteiger partial charge in [-0.1, -0.05) is 20.8 Å². The van der Waals surface area contributed by atoms with Crippen molar-refractivity contribution in [2.24, 2.45) is 5.41 Å². The molecule has 0 radical (unpaired) electrons. The van der Waals surface area contributed by atoms with Crippen molar-refractivity contribution in [2.75, 3.05) is 32.7 Å². The van der Waals surface area contributed by atoms with E-state index in [1.165, 1.54) is 19.3 Å². The van der Waals surface area contributed by atoms with Crippen LogP contribution in [0.4, 0.5) is 0 Å². The van der Waals surface area contributed by atoms with Crippen molar-refractivity contribution in [3.05, 3.63) is 0 Å². The minimum absolute atomic E-state index is 0.0926. The maximum atomic E-state index is 9.60. The molecule has 2 N–H and O–H groups in total. The van der Waals surface area contributed by atoms with Gasteiger partial charge in [0.25, 0.3) is 0 Å². The molecule has 1 saturated heterocycles. The summed E-state index contributed by atoms with van der Waals surface area (Å²) in [6, 6.07) is 0. The average Bonchev–Trinajstić information content (AvgIpc) is 2.73. The summed E-state index contributed by atoms with van der Waals surface area (Å²) in [5.41, 5.74) is 0.388. The lowest BCUT2D eigenvalue weighted by atomic mass is 9.81. The zero-order valence-electron chi connectivity index (χ0n) is 11.8. The minimum Gasteiger partial charge on any atom is -0.392 e. The summed E-state index contributed by atoms with van der Waals surface area (Å²) in [4.78, 5) is 2.44. The number of nitrogens with one attached hydrogen (secondary N) is 1. The zero-order chi connectivity index (χ0) is 12.7. The quantitative estimate of drug-likeness (QED) is 0.638. The van der Waals surface area contributed by atoms with Gasteiger partial charge in [0.05, 0.1) is 6.10 Å². The second-order valence-electron chi connectivity index (χ2n) is 5.56. The van der Waals surface area contributed by atoms with E-state index in [9.17, 15) is 5.11 Å². The van der Waals surface area contributed by atoms with Gasteiger partial charge >= 0.3 is 0 Å². The summed E-state index contributed by atoms with van der Waals surface area (Å²) >= 11 is 0. The molecule has 3 heteroatoms. The van der Waals surface area contributed by atoms with Crippen molar-refractivity contribution in [3.63, 3.8) is 0 Å². The maximum absolute atomic E-state index is 9.60. The fourth-order valence-electron chi connectivity index (χ4n) is 2.74. The van der Waals surface area contributed by atoms with Crippen molar-refractivity contribution in [1.29, 1.82) is 0 Å². The summed E-state index contributed by atoms with van der Waals surface area (Å²) in [5, 5.41) is 13.2. The number of hydrogen-bond acceptors (Lipinski definition) is 3. The second-order valence-corrected chi connectivity index (χ2v) is 5.56. The molecule has 0 amide bonds. The molecule has 1 aliphatic heterocycles. The monoisotopic (exact) mass is 242 g/mol. The maximum Gasteiger partial charge on any atom is 0.0679 e. The van der Waals surface area contributed by atoms with Crippen LogP contribution in [0.1, 0.15) is 46.5 Å². The molecule has 0 aromatic heterocycles. The molecule has 0 bridgehead atoms. The van der Waals surface area contributed by atoms with Crippen LogP contribution in [0.3, 0.4) is 0 Å². The van der Waals surface area contributed by atoms with Gasteiger partial charge in [0.1, 0.15) is 0 Å². The van der Waals surface area contributed by atoms with Crippen LogP contribution in [-0.2, 0) is 0 Å². The molecule has 1 aliphatic rings. The number of aliphatic hydroxyl groups is 1. The van der Waals surface area contributed by atoms with Crippen molar-refractivity contribution in [3.8, 4) is 0 Å². The molecular weight excluding hydrogens is 212 g/mol. The Bertz CT molecular complexity index is 204. The van der Waals surface area contributed by atoms with Gasteiger partial charge in [0.15, 0.2) is 0 Å². The van der Waals surface area contributed by atoms with E-state index < -0.39 is 0 Å². The Hall–Kier alpha value is -0.120. The van der Waals surface area contributed by atoms with Gasteiger partial charge in [-0.25, -0.2) is 0 Å². The minimum atomic E-state index is -0.0926. The van der Waals surface area contributed by atoms with Crippen LogP contribution < -0.4 is 5.32 Å². The van der Waals surface area contributed by atoms with Gasteiger partial charge in [-0.3, -0.25) is 0 Å². The molecule has 17 heavy (non-hydrogen) atoms. The SMILES string of the molecule is CCCNCC(CC)(CC)CN1CCC(O)C1. The van der Waals surface area contributed by atoms with Crippen molar-refractivity contribution >= 4 is 0 Å². The smallest absolute Gasteiger partial charge is 0.0679 e. The second kappa shape index (κ2) is 7.34. The molecule has 1 unspecified atom stereocenters. The van der Waals surface area contributed by atoms with Crippen molar-refractivity contribution in [1.82, 2.24) is 10.2 Å². The van der Waals surface area contributed by atoms with Crippen molar-refractivity contribution < 1.29 is 5.11 Å². The highest BCUT2D eigenvalue weighted by molar-refractivity contribution is 4.86. The van der Waals surface area contributed by atoms with E-state index in [-0.39, 0.29) is 6.10 Å². The predicted molar refractivity (Wildman–Crippen MR) is 73.2 cm³/mol. The highest BCUT2D eigenvalue weighted by Crippen LogP contribution is 2.28. The molecule has 3 nitrogen and oxygen atoms in total. The average molecular weight is 242 g/mol. The van der Waals surface area contributed by atoms with E-state index in [2.05, 4.69) is 31.0 Å². The summed E-state index contributed by atoms with van der Waals surface area (Å²) in [6.07, 6.45) is 4.49. The predicted octanol–water partition coefficient (Wildman–Crippen LogP) is 1.86. The van der Waals surface area contributed by atoms with Gasteiger partial charge in [0, 0.05) is 26.2 Å². The first-order chi connectivity index (χ1) is 8.15. The summed E-state index contributed by atoms with van der Waals surface area (Å²) in [7, 11) is 0. The van der Waals surface area contributed by atoms with Gasteiger partial charge in [-0.15, -0.1) is 0 Å². The van der Waals surface area contributed by atoms with Crippen molar-refractivity contribution in [2.45, 2.75) is 52.6 Å². The number of rotatable bonds is 8. The lowest BCUT2D eigenvalue weighted by Gasteiger charge is -2.36. The molecule has 1 rings (SSSR count). The van der Waals surface area contributed by atoms with Gasteiger partial charge < -0.3 is 15.3 Å². The Kier molecular flexibility index (Phi) is 6.45. The van der Waals surface area contributed by atoms with Crippen LogP contribution in [0.5, 0.6) is 0 Å². The van der Waals surface area contributed by atoms with E-state index in [4.69, 9.17) is 0 Å². The van der Waals surface area contributed by atoms with Crippen LogP contribution in [0, 0.1) is 5.41 Å². The van der Waals surface area contributed by atoms with E-state index in [1.54, 1.807) is 0 Å². The fourth-order valence-corrected chi connectivity index (χ4v) is 2.74. The third-order valence-electron chi connectivity index (χ3n) is 4.23. The fraction of sp³-hybridized carbons (Fsp3) is 1.00. The molecular formula is C14H30N2O. The lowest BCUT2D eigenvalue weighted by molar-refractivity contribution is 0.130. The molecule has 1 heterocycles. The normalized spacial score (nSPS) is 22.2. The Morgan fingerprint density at radius 3 is 2.47 bits per heavy atom. The Balaban J connectivity index is 2.45. The van der Waals surface area contributed by atoms with E-state index >= 15 is 0 Å². The van der Waals surface area contributed by atoms with Crippen LogP contribution in [0.25, 0.3) is 0 Å². The number of aliphatic hydroxyl groups excluding tert-OH is 1.